The molecule has 0 aliphatic carbocycles. The van der Waals surface area contributed by atoms with E-state index in [4.69, 9.17) is 5.11 Å². The summed E-state index contributed by atoms with van der Waals surface area (Å²) in [5.41, 5.74) is -0.529. The molecule has 0 heterocycles. The highest BCUT2D eigenvalue weighted by Gasteiger charge is 2.63. The molecule has 0 unspecified atom stereocenters. The van der Waals surface area contributed by atoms with Crippen LogP contribution in [0, 0.1) is 0 Å². The lowest BCUT2D eigenvalue weighted by atomic mass is 10.2. The van der Waals surface area contributed by atoms with E-state index in [-0.39, 0.29) is 0 Å². The quantitative estimate of drug-likeness (QED) is 0.688. The number of halogens is 5. The maximum absolute atomic E-state index is 12.7. The van der Waals surface area contributed by atoms with Crippen LogP contribution in [0.25, 0.3) is 0 Å². The predicted octanol–water partition coefficient (Wildman–Crippen LogP) is 3.20. The molecule has 0 aliphatic heterocycles. The van der Waals surface area contributed by atoms with Crippen molar-refractivity contribution >= 4 is 22.8 Å². The minimum Gasteiger partial charge on any atom is -0.478 e. The number of aromatic carboxylic acids is 1. The van der Waals surface area contributed by atoms with E-state index in [1.165, 1.54) is 12.1 Å². The fourth-order valence-electron chi connectivity index (χ4n) is 1.01. The van der Waals surface area contributed by atoms with Crippen LogP contribution in [0.15, 0.2) is 29.2 Å². The Labute approximate surface area is 107 Å². The highest BCUT2D eigenvalue weighted by molar-refractivity contribution is 8.14. The topological polar surface area (TPSA) is 54.4 Å². The summed E-state index contributed by atoms with van der Waals surface area (Å²) in [5, 5.41) is 6.23. The van der Waals surface area contributed by atoms with Crippen molar-refractivity contribution < 1.29 is 36.6 Å². The van der Waals surface area contributed by atoms with Crippen LogP contribution in [0.4, 0.5) is 22.0 Å². The Morgan fingerprint density at radius 2 is 1.58 bits per heavy atom. The Kier molecular flexibility index (Phi) is 4.18. The summed E-state index contributed by atoms with van der Waals surface area (Å²) >= 11 is -0.457. The molecule has 0 saturated carbocycles. The average Bonchev–Trinajstić information content (AvgIpc) is 2.27. The molecule has 0 fully saturated rings. The van der Waals surface area contributed by atoms with E-state index in [1.807, 2.05) is 0 Å². The van der Waals surface area contributed by atoms with Crippen molar-refractivity contribution in [3.63, 3.8) is 0 Å². The van der Waals surface area contributed by atoms with Crippen molar-refractivity contribution in [3.05, 3.63) is 29.8 Å². The van der Waals surface area contributed by atoms with Crippen LogP contribution < -0.4 is 0 Å². The van der Waals surface area contributed by atoms with Crippen LogP contribution in [-0.2, 0) is 4.79 Å². The zero-order valence-electron chi connectivity index (χ0n) is 8.87. The van der Waals surface area contributed by atoms with Crippen molar-refractivity contribution in [1.82, 2.24) is 0 Å². The standard InChI is InChI=1S/C10H5F5O3S/c11-9(12,10(13,14)15)8(18)19-6-4-2-1-3-5(6)7(16)17/h1-4H,(H,16,17). The van der Waals surface area contributed by atoms with E-state index in [1.54, 1.807) is 0 Å². The van der Waals surface area contributed by atoms with Crippen molar-refractivity contribution in [1.29, 1.82) is 0 Å². The number of carboxylic acids is 1. The maximum Gasteiger partial charge on any atom is 0.462 e. The molecule has 0 radical (unpaired) electrons. The predicted molar refractivity (Wildman–Crippen MR) is 55.3 cm³/mol. The van der Waals surface area contributed by atoms with Gasteiger partial charge in [-0.15, -0.1) is 0 Å². The summed E-state index contributed by atoms with van der Waals surface area (Å²) < 4.78 is 61.2. The van der Waals surface area contributed by atoms with Gasteiger partial charge in [0.25, 0.3) is 5.12 Å². The number of thioether (sulfide) groups is 1. The molecule has 3 nitrogen and oxygen atoms in total. The Morgan fingerprint density at radius 1 is 1.05 bits per heavy atom. The number of carboxylic acid groups (broad SMARTS) is 1. The van der Waals surface area contributed by atoms with Crippen LogP contribution in [0.1, 0.15) is 10.4 Å². The molecule has 0 aliphatic rings. The third-order valence-corrected chi connectivity index (χ3v) is 2.95. The number of rotatable bonds is 3. The van der Waals surface area contributed by atoms with E-state index in [9.17, 15) is 31.5 Å². The molecule has 1 aromatic rings. The molecule has 104 valence electrons. The van der Waals surface area contributed by atoms with Crippen LogP contribution in [-0.4, -0.2) is 28.3 Å². The first-order valence-electron chi connectivity index (χ1n) is 4.56. The number of hydrogen-bond acceptors (Lipinski definition) is 3. The van der Waals surface area contributed by atoms with E-state index in [2.05, 4.69) is 0 Å². The summed E-state index contributed by atoms with van der Waals surface area (Å²) in [5.74, 6) is -7.07. The fourth-order valence-corrected chi connectivity index (χ4v) is 1.87. The van der Waals surface area contributed by atoms with Crippen LogP contribution in [0.2, 0.25) is 0 Å². The molecule has 1 aromatic carbocycles. The SMILES string of the molecule is O=C(O)c1ccccc1SC(=O)C(F)(F)C(F)(F)F. The molecule has 0 amide bonds. The molecule has 9 heteroatoms. The van der Waals surface area contributed by atoms with E-state index >= 15 is 0 Å². The lowest BCUT2D eigenvalue weighted by Gasteiger charge is -2.17. The molecule has 0 atom stereocenters. The zero-order chi connectivity index (χ0) is 14.8. The molecule has 0 saturated heterocycles. The number of carbonyl (C=O) groups is 2. The summed E-state index contributed by atoms with van der Waals surface area (Å²) in [7, 11) is 0. The van der Waals surface area contributed by atoms with Gasteiger partial charge < -0.3 is 5.11 Å². The number of alkyl halides is 5. The first kappa shape index (κ1) is 15.4. The van der Waals surface area contributed by atoms with Gasteiger partial charge in [-0.25, -0.2) is 4.79 Å². The van der Waals surface area contributed by atoms with Gasteiger partial charge >= 0.3 is 18.1 Å². The minimum atomic E-state index is -6.02. The summed E-state index contributed by atoms with van der Waals surface area (Å²) in [6.07, 6.45) is -6.02. The van der Waals surface area contributed by atoms with Gasteiger partial charge in [0.1, 0.15) is 0 Å². The van der Waals surface area contributed by atoms with Gasteiger partial charge in [-0.2, -0.15) is 22.0 Å². The Hall–Kier alpha value is -1.64. The zero-order valence-corrected chi connectivity index (χ0v) is 9.69. The number of carbonyl (C=O) groups excluding carboxylic acids is 1. The average molecular weight is 300 g/mol. The Morgan fingerprint density at radius 3 is 2.05 bits per heavy atom. The summed E-state index contributed by atoms with van der Waals surface area (Å²) in [4.78, 5) is 21.2. The summed E-state index contributed by atoms with van der Waals surface area (Å²) in [6, 6.07) is 4.43. The van der Waals surface area contributed by atoms with Crippen molar-refractivity contribution in [2.75, 3.05) is 0 Å². The second-order valence-electron chi connectivity index (χ2n) is 3.26. The number of benzene rings is 1. The molecular formula is C10H5F5O3S. The minimum absolute atomic E-state index is 0.457. The first-order valence-corrected chi connectivity index (χ1v) is 5.38. The molecule has 0 aromatic heterocycles. The Balaban J connectivity index is 3.05. The monoisotopic (exact) mass is 300 g/mol. The normalized spacial score (nSPS) is 12.3. The van der Waals surface area contributed by atoms with Gasteiger partial charge in [-0.05, 0) is 23.9 Å². The van der Waals surface area contributed by atoms with E-state index in [0.29, 0.717) is 0 Å². The third kappa shape index (κ3) is 3.22. The van der Waals surface area contributed by atoms with Gasteiger partial charge in [0.2, 0.25) is 0 Å². The highest BCUT2D eigenvalue weighted by atomic mass is 32.2. The molecular weight excluding hydrogens is 295 g/mol. The highest BCUT2D eigenvalue weighted by Crippen LogP contribution is 2.41. The Bertz CT molecular complexity index is 512. The second-order valence-corrected chi connectivity index (χ2v) is 4.28. The maximum atomic E-state index is 12.7. The number of hydrogen-bond donors (Lipinski definition) is 1. The van der Waals surface area contributed by atoms with Gasteiger partial charge in [0, 0.05) is 4.90 Å². The van der Waals surface area contributed by atoms with E-state index < -0.39 is 45.4 Å². The van der Waals surface area contributed by atoms with Gasteiger partial charge in [0.15, 0.2) is 0 Å². The first-order chi connectivity index (χ1) is 8.57. The summed E-state index contributed by atoms with van der Waals surface area (Å²) in [6.45, 7) is 0. The molecule has 1 N–H and O–H groups in total. The van der Waals surface area contributed by atoms with Crippen molar-refractivity contribution in [2.45, 2.75) is 17.0 Å². The van der Waals surface area contributed by atoms with Gasteiger partial charge in [0.05, 0.1) is 5.56 Å². The molecule has 1 rings (SSSR count). The smallest absolute Gasteiger partial charge is 0.462 e. The largest absolute Gasteiger partial charge is 0.478 e. The molecule has 19 heavy (non-hydrogen) atoms. The molecule has 0 bridgehead atoms. The second kappa shape index (κ2) is 5.16. The lowest BCUT2D eigenvalue weighted by Crippen LogP contribution is -2.42. The van der Waals surface area contributed by atoms with Crippen LogP contribution >= 0.6 is 11.8 Å². The van der Waals surface area contributed by atoms with Crippen molar-refractivity contribution in [2.24, 2.45) is 0 Å². The van der Waals surface area contributed by atoms with Gasteiger partial charge in [-0.1, -0.05) is 12.1 Å². The van der Waals surface area contributed by atoms with E-state index in [0.717, 1.165) is 12.1 Å². The fraction of sp³-hybridized carbons (Fsp3) is 0.200. The lowest BCUT2D eigenvalue weighted by molar-refractivity contribution is -0.264. The van der Waals surface area contributed by atoms with Gasteiger partial charge in [-0.3, -0.25) is 4.79 Å². The van der Waals surface area contributed by atoms with Crippen LogP contribution in [0.3, 0.4) is 0 Å². The van der Waals surface area contributed by atoms with Crippen molar-refractivity contribution in [3.8, 4) is 0 Å². The van der Waals surface area contributed by atoms with Crippen LogP contribution in [0.5, 0.6) is 0 Å². The third-order valence-electron chi connectivity index (χ3n) is 1.93. The molecule has 0 spiro atoms.